The number of fused-ring (bicyclic) bond motifs is 1. The summed E-state index contributed by atoms with van der Waals surface area (Å²) in [5, 5.41) is 2.25. The predicted octanol–water partition coefficient (Wildman–Crippen LogP) is 7.54. The van der Waals surface area contributed by atoms with E-state index in [4.69, 9.17) is 4.74 Å². The molecule has 2 amide bonds. The number of ether oxygens (including phenoxy) is 1. The van der Waals surface area contributed by atoms with Crippen LogP contribution in [0.15, 0.2) is 115 Å². The summed E-state index contributed by atoms with van der Waals surface area (Å²) in [5.74, 6) is -0.0797. The summed E-state index contributed by atoms with van der Waals surface area (Å²) >= 11 is 4.05. The number of alkyl halides is 1. The predicted molar refractivity (Wildman–Crippen MR) is 154 cm³/mol. The van der Waals surface area contributed by atoms with E-state index in [1.165, 1.54) is 4.90 Å². The Kier molecular flexibility index (Phi) is 4.74. The van der Waals surface area contributed by atoms with Crippen molar-refractivity contribution in [3.05, 3.63) is 138 Å². The molecule has 0 spiro atoms. The Labute approximate surface area is 234 Å². The second-order valence-corrected chi connectivity index (χ2v) is 11.7. The smallest absolute Gasteiger partial charge is 0.239 e. The van der Waals surface area contributed by atoms with E-state index < -0.39 is 16.2 Å². The molecule has 5 heteroatoms. The summed E-state index contributed by atoms with van der Waals surface area (Å²) in [7, 11) is 0. The first-order valence-corrected chi connectivity index (χ1v) is 13.9. The van der Waals surface area contributed by atoms with Crippen LogP contribution in [0.1, 0.15) is 28.2 Å². The van der Waals surface area contributed by atoms with Crippen molar-refractivity contribution in [3.63, 3.8) is 0 Å². The molecule has 0 aromatic heterocycles. The minimum atomic E-state index is -0.750. The Morgan fingerprint density at radius 1 is 0.641 bits per heavy atom. The Morgan fingerprint density at radius 2 is 1.23 bits per heavy atom. The first-order chi connectivity index (χ1) is 19.1. The second kappa shape index (κ2) is 8.14. The van der Waals surface area contributed by atoms with Gasteiger partial charge in [0.05, 0.1) is 21.8 Å². The lowest BCUT2D eigenvalue weighted by molar-refractivity contribution is -0.122. The maximum Gasteiger partial charge on any atom is 0.239 e. The quantitative estimate of drug-likeness (QED) is 0.166. The molecule has 1 saturated heterocycles. The minimum Gasteiger partial charge on any atom is -0.457 e. The highest BCUT2D eigenvalue weighted by Gasteiger charge is 2.67. The zero-order valence-electron chi connectivity index (χ0n) is 20.8. The van der Waals surface area contributed by atoms with Gasteiger partial charge < -0.3 is 4.74 Å². The second-order valence-electron chi connectivity index (χ2n) is 10.5. The molecular formula is C34H22BrNO3. The van der Waals surface area contributed by atoms with E-state index in [0.717, 1.165) is 38.8 Å². The summed E-state index contributed by atoms with van der Waals surface area (Å²) < 4.78 is 5.35. The molecule has 1 heterocycles. The average molecular weight is 572 g/mol. The molecular weight excluding hydrogens is 550 g/mol. The maximum absolute atomic E-state index is 14.1. The molecule has 0 radical (unpaired) electrons. The fourth-order valence-corrected chi connectivity index (χ4v) is 8.17. The molecule has 9 rings (SSSR count). The number of benzene rings is 5. The third-order valence-electron chi connectivity index (χ3n) is 8.57. The maximum atomic E-state index is 14.1. The summed E-state index contributed by atoms with van der Waals surface area (Å²) in [4.78, 5) is 29.6. The van der Waals surface area contributed by atoms with Gasteiger partial charge in [0.1, 0.15) is 11.5 Å². The van der Waals surface area contributed by atoms with Gasteiger partial charge in [-0.2, -0.15) is 0 Å². The molecule has 1 fully saturated rings. The number of hydrogen-bond acceptors (Lipinski definition) is 3. The Morgan fingerprint density at radius 3 is 1.92 bits per heavy atom. The molecule has 0 N–H and O–H groups in total. The van der Waals surface area contributed by atoms with Gasteiger partial charge in [-0.1, -0.05) is 94.8 Å². The SMILES string of the molecule is O=C1[C@@H]2[C@@H](C(=O)N1c1ccc(Oc3ccc4ccccc4c3)cc1)C1c3ccccc3C2(Br)c2ccccc21. The number of imide groups is 1. The number of nitrogens with zero attached hydrogens (tertiary/aromatic N) is 1. The molecule has 0 saturated carbocycles. The largest absolute Gasteiger partial charge is 0.457 e. The number of halogens is 1. The Balaban J connectivity index is 1.15. The molecule has 5 aromatic carbocycles. The highest BCUT2D eigenvalue weighted by Crippen LogP contribution is 2.66. The molecule has 1 aliphatic heterocycles. The van der Waals surface area contributed by atoms with E-state index in [0.29, 0.717) is 11.4 Å². The van der Waals surface area contributed by atoms with Crippen molar-refractivity contribution in [1.29, 1.82) is 0 Å². The van der Waals surface area contributed by atoms with Crippen molar-refractivity contribution in [2.45, 2.75) is 10.2 Å². The van der Waals surface area contributed by atoms with E-state index in [2.05, 4.69) is 52.3 Å². The van der Waals surface area contributed by atoms with Crippen molar-refractivity contribution < 1.29 is 14.3 Å². The first-order valence-electron chi connectivity index (χ1n) is 13.1. The molecule has 3 aliphatic carbocycles. The van der Waals surface area contributed by atoms with Crippen LogP contribution in [0.3, 0.4) is 0 Å². The van der Waals surface area contributed by atoms with Gasteiger partial charge in [0.15, 0.2) is 0 Å². The van der Waals surface area contributed by atoms with Gasteiger partial charge in [-0.25, -0.2) is 4.90 Å². The minimum absolute atomic E-state index is 0.147. The molecule has 4 aliphatic rings. The van der Waals surface area contributed by atoms with Gasteiger partial charge in [0.2, 0.25) is 11.8 Å². The van der Waals surface area contributed by atoms with Crippen LogP contribution in [0.5, 0.6) is 11.5 Å². The van der Waals surface area contributed by atoms with Crippen molar-refractivity contribution in [2.75, 3.05) is 4.90 Å². The monoisotopic (exact) mass is 571 g/mol. The van der Waals surface area contributed by atoms with Gasteiger partial charge in [-0.05, 0) is 69.4 Å². The molecule has 5 aromatic rings. The summed E-state index contributed by atoms with van der Waals surface area (Å²) in [6.07, 6.45) is 0. The van der Waals surface area contributed by atoms with Crippen LogP contribution in [0, 0.1) is 11.8 Å². The van der Waals surface area contributed by atoms with Crippen molar-refractivity contribution in [1.82, 2.24) is 0 Å². The number of amides is 2. The lowest BCUT2D eigenvalue weighted by Gasteiger charge is -2.51. The van der Waals surface area contributed by atoms with Crippen LogP contribution < -0.4 is 9.64 Å². The Hall–Kier alpha value is -4.22. The zero-order chi connectivity index (χ0) is 26.3. The van der Waals surface area contributed by atoms with Gasteiger partial charge in [-0.15, -0.1) is 0 Å². The topological polar surface area (TPSA) is 46.6 Å². The summed E-state index contributed by atoms with van der Waals surface area (Å²) in [6, 6.07) is 37.7. The summed E-state index contributed by atoms with van der Waals surface area (Å²) in [5.41, 5.74) is 4.97. The number of carbonyl (C=O) groups is 2. The van der Waals surface area contributed by atoms with Crippen LogP contribution in [0.4, 0.5) is 5.69 Å². The third-order valence-corrected chi connectivity index (χ3v) is 9.91. The number of carbonyl (C=O) groups excluding carboxylic acids is 2. The highest BCUT2D eigenvalue weighted by atomic mass is 79.9. The third kappa shape index (κ3) is 3.05. The molecule has 2 bridgehead atoms. The van der Waals surface area contributed by atoms with Crippen molar-refractivity contribution in [3.8, 4) is 11.5 Å². The number of anilines is 1. The molecule has 2 atom stereocenters. The van der Waals surface area contributed by atoms with Crippen LogP contribution in [-0.2, 0) is 13.9 Å². The van der Waals surface area contributed by atoms with Crippen LogP contribution in [0.2, 0.25) is 0 Å². The normalized spacial score (nSPS) is 24.4. The van der Waals surface area contributed by atoms with Gasteiger partial charge in [-0.3, -0.25) is 9.59 Å². The molecule has 0 unspecified atom stereocenters. The van der Waals surface area contributed by atoms with Crippen molar-refractivity contribution in [2.24, 2.45) is 11.8 Å². The highest BCUT2D eigenvalue weighted by molar-refractivity contribution is 9.09. The van der Waals surface area contributed by atoms with E-state index in [1.807, 2.05) is 66.7 Å². The Bertz CT molecular complexity index is 1780. The first kappa shape index (κ1) is 22.7. The van der Waals surface area contributed by atoms with E-state index in [9.17, 15) is 9.59 Å². The number of hydrogen-bond donors (Lipinski definition) is 0. The van der Waals surface area contributed by atoms with Gasteiger partial charge >= 0.3 is 0 Å². The van der Waals surface area contributed by atoms with E-state index >= 15 is 0 Å². The van der Waals surface area contributed by atoms with E-state index in [1.54, 1.807) is 12.1 Å². The van der Waals surface area contributed by atoms with E-state index in [-0.39, 0.29) is 17.7 Å². The molecule has 39 heavy (non-hydrogen) atoms. The fourth-order valence-electron chi connectivity index (χ4n) is 6.96. The van der Waals surface area contributed by atoms with Crippen LogP contribution >= 0.6 is 15.9 Å². The lowest BCUT2D eigenvalue weighted by Crippen LogP contribution is -2.50. The van der Waals surface area contributed by atoms with Gasteiger partial charge in [0, 0.05) is 5.92 Å². The van der Waals surface area contributed by atoms with Crippen molar-refractivity contribution >= 4 is 44.2 Å². The summed E-state index contributed by atoms with van der Waals surface area (Å²) in [6.45, 7) is 0. The zero-order valence-corrected chi connectivity index (χ0v) is 22.3. The fraction of sp³-hybridized carbons (Fsp3) is 0.118. The van der Waals surface area contributed by atoms with Crippen LogP contribution in [0.25, 0.3) is 10.8 Å². The average Bonchev–Trinajstić information content (AvgIpc) is 3.25. The lowest BCUT2D eigenvalue weighted by atomic mass is 9.55. The number of rotatable bonds is 3. The molecule has 188 valence electrons. The van der Waals surface area contributed by atoms with Crippen LogP contribution in [-0.4, -0.2) is 11.8 Å². The standard InChI is InChI=1S/C34H22BrNO3/c35-34-27-11-5-3-9-25(27)29(26-10-4-6-12-28(26)34)30-31(34)33(38)36(32(30)37)22-14-17-23(18-15-22)39-24-16-13-20-7-1-2-8-21(20)19-24/h1-19,29-31H/t29?,30-,31-,34?/m0/s1. The van der Waals surface area contributed by atoms with Gasteiger partial charge in [0.25, 0.3) is 0 Å². The molecule has 4 nitrogen and oxygen atoms in total.